The molecule has 1 aromatic rings. The number of benzene rings is 1. The normalized spacial score (nSPS) is 16.3. The second-order valence-corrected chi connectivity index (χ2v) is 7.55. The molecule has 0 amide bonds. The van der Waals surface area contributed by atoms with E-state index in [9.17, 15) is 18.5 Å². The summed E-state index contributed by atoms with van der Waals surface area (Å²) in [7, 11) is -2.57. The first kappa shape index (κ1) is 18.6. The van der Waals surface area contributed by atoms with Gasteiger partial charge in [0.1, 0.15) is 5.75 Å². The summed E-state index contributed by atoms with van der Waals surface area (Å²) in [5.41, 5.74) is -0.454. The van der Waals surface area contributed by atoms with Crippen LogP contribution in [0.15, 0.2) is 23.1 Å². The summed E-state index contributed by atoms with van der Waals surface area (Å²) in [6.07, 6.45) is 2.04. The van der Waals surface area contributed by atoms with Crippen LogP contribution in [0.4, 0.5) is 5.69 Å². The van der Waals surface area contributed by atoms with Crippen molar-refractivity contribution in [2.24, 2.45) is 0 Å². The van der Waals surface area contributed by atoms with E-state index in [0.29, 0.717) is 25.8 Å². The molecule has 1 heterocycles. The van der Waals surface area contributed by atoms with Crippen LogP contribution in [0.3, 0.4) is 0 Å². The fraction of sp³-hybridized carbons (Fsp3) is 0.600. The number of methoxy groups -OCH3 is 1. The second kappa shape index (κ2) is 7.91. The maximum absolute atomic E-state index is 13.1. The maximum Gasteiger partial charge on any atom is 0.293 e. The summed E-state index contributed by atoms with van der Waals surface area (Å²) < 4.78 is 32.6. The average Bonchev–Trinajstić information content (AvgIpc) is 2.59. The lowest BCUT2D eigenvalue weighted by Gasteiger charge is -2.33. The van der Waals surface area contributed by atoms with Crippen LogP contribution < -0.4 is 10.1 Å². The van der Waals surface area contributed by atoms with Crippen molar-refractivity contribution in [3.05, 3.63) is 28.3 Å². The van der Waals surface area contributed by atoms with Crippen molar-refractivity contribution in [3.63, 3.8) is 0 Å². The Kier molecular flexibility index (Phi) is 6.14. The van der Waals surface area contributed by atoms with Gasteiger partial charge >= 0.3 is 0 Å². The van der Waals surface area contributed by atoms with Gasteiger partial charge in [0.25, 0.3) is 5.69 Å². The minimum Gasteiger partial charge on any atom is -0.497 e. The van der Waals surface area contributed by atoms with Gasteiger partial charge in [0.15, 0.2) is 4.90 Å². The first-order chi connectivity index (χ1) is 11.4. The number of piperidine rings is 1. The van der Waals surface area contributed by atoms with Gasteiger partial charge in [-0.1, -0.05) is 6.92 Å². The summed E-state index contributed by atoms with van der Waals surface area (Å²) in [6.45, 7) is 3.72. The van der Waals surface area contributed by atoms with E-state index >= 15 is 0 Å². The number of sulfonamides is 1. The third-order valence-electron chi connectivity index (χ3n) is 4.11. The number of nitro benzene ring substituents is 1. The highest BCUT2D eigenvalue weighted by molar-refractivity contribution is 7.89. The average molecular weight is 357 g/mol. The molecule has 9 heteroatoms. The molecule has 0 spiro atoms. The van der Waals surface area contributed by atoms with Gasteiger partial charge in [0.2, 0.25) is 10.0 Å². The Morgan fingerprint density at radius 3 is 2.58 bits per heavy atom. The molecule has 0 bridgehead atoms. The molecule has 1 aliphatic rings. The molecule has 0 aromatic heterocycles. The van der Waals surface area contributed by atoms with Crippen LogP contribution in [0.2, 0.25) is 0 Å². The molecule has 0 unspecified atom stereocenters. The first-order valence-corrected chi connectivity index (χ1v) is 9.40. The van der Waals surface area contributed by atoms with Gasteiger partial charge in [-0.2, -0.15) is 4.31 Å². The zero-order chi connectivity index (χ0) is 17.7. The highest BCUT2D eigenvalue weighted by Gasteiger charge is 2.36. The molecule has 2 rings (SSSR count). The number of hydrogen-bond acceptors (Lipinski definition) is 6. The molecule has 1 saturated heterocycles. The molecule has 1 aliphatic heterocycles. The fourth-order valence-corrected chi connectivity index (χ4v) is 4.84. The summed E-state index contributed by atoms with van der Waals surface area (Å²) in [6, 6.07) is 3.71. The SMILES string of the molecule is CCCN(C1CCNCC1)S(=O)(=O)c1ccc(OC)cc1[N+](=O)[O-]. The highest BCUT2D eigenvalue weighted by Crippen LogP contribution is 2.32. The van der Waals surface area contributed by atoms with Crippen LogP contribution in [0.5, 0.6) is 5.75 Å². The molecule has 0 radical (unpaired) electrons. The van der Waals surface area contributed by atoms with E-state index in [4.69, 9.17) is 4.74 Å². The van der Waals surface area contributed by atoms with Crippen LogP contribution in [0, 0.1) is 10.1 Å². The van der Waals surface area contributed by atoms with Crippen molar-refractivity contribution >= 4 is 15.7 Å². The van der Waals surface area contributed by atoms with Gasteiger partial charge in [0, 0.05) is 12.6 Å². The van der Waals surface area contributed by atoms with Gasteiger partial charge in [-0.15, -0.1) is 0 Å². The smallest absolute Gasteiger partial charge is 0.293 e. The molecule has 8 nitrogen and oxygen atoms in total. The van der Waals surface area contributed by atoms with Gasteiger partial charge in [0.05, 0.1) is 18.1 Å². The van der Waals surface area contributed by atoms with Crippen LogP contribution >= 0.6 is 0 Å². The van der Waals surface area contributed by atoms with Crippen LogP contribution in [-0.4, -0.2) is 50.4 Å². The number of rotatable bonds is 7. The molecule has 1 N–H and O–H groups in total. The van der Waals surface area contributed by atoms with Crippen molar-refractivity contribution in [1.82, 2.24) is 9.62 Å². The van der Waals surface area contributed by atoms with Gasteiger partial charge in [-0.05, 0) is 44.5 Å². The predicted molar refractivity (Wildman–Crippen MR) is 89.7 cm³/mol. The van der Waals surface area contributed by atoms with E-state index in [0.717, 1.165) is 19.2 Å². The summed E-state index contributed by atoms with van der Waals surface area (Å²) in [4.78, 5) is 10.4. The van der Waals surface area contributed by atoms with E-state index in [1.807, 2.05) is 6.92 Å². The lowest BCUT2D eigenvalue weighted by atomic mass is 10.1. The zero-order valence-electron chi connectivity index (χ0n) is 13.9. The molecular formula is C15H23N3O5S. The standard InChI is InChI=1S/C15H23N3O5S/c1-3-10-17(12-6-8-16-9-7-12)24(21,22)15-5-4-13(23-2)11-14(15)18(19)20/h4-5,11-12,16H,3,6-10H2,1-2H3. The molecule has 134 valence electrons. The number of nitro groups is 1. The lowest BCUT2D eigenvalue weighted by molar-refractivity contribution is -0.387. The van der Waals surface area contributed by atoms with Gasteiger partial charge in [-0.3, -0.25) is 10.1 Å². The largest absolute Gasteiger partial charge is 0.497 e. The van der Waals surface area contributed by atoms with E-state index in [1.54, 1.807) is 0 Å². The first-order valence-electron chi connectivity index (χ1n) is 7.96. The Morgan fingerprint density at radius 2 is 2.04 bits per heavy atom. The molecule has 0 saturated carbocycles. The van der Waals surface area contributed by atoms with Gasteiger partial charge in [-0.25, -0.2) is 8.42 Å². The zero-order valence-corrected chi connectivity index (χ0v) is 14.7. The third kappa shape index (κ3) is 3.85. The predicted octanol–water partition coefficient (Wildman–Crippen LogP) is 1.76. The minimum absolute atomic E-state index is 0.141. The van der Waals surface area contributed by atoms with Crippen molar-refractivity contribution in [1.29, 1.82) is 0 Å². The maximum atomic E-state index is 13.1. The topological polar surface area (TPSA) is 102 Å². The molecule has 1 fully saturated rings. The van der Waals surface area contributed by atoms with E-state index in [-0.39, 0.29) is 16.7 Å². The van der Waals surface area contributed by atoms with Crippen LogP contribution in [0.1, 0.15) is 26.2 Å². The van der Waals surface area contributed by atoms with Crippen molar-refractivity contribution in [2.45, 2.75) is 37.1 Å². The summed E-state index contributed by atoms with van der Waals surface area (Å²) in [5, 5.41) is 14.6. The second-order valence-electron chi connectivity index (χ2n) is 5.69. The Bertz CT molecular complexity index is 686. The fourth-order valence-electron chi connectivity index (χ4n) is 2.93. The van der Waals surface area contributed by atoms with Crippen LogP contribution in [0.25, 0.3) is 0 Å². The van der Waals surface area contributed by atoms with E-state index < -0.39 is 20.6 Å². The summed E-state index contributed by atoms with van der Waals surface area (Å²) in [5.74, 6) is 0.254. The highest BCUT2D eigenvalue weighted by atomic mass is 32.2. The third-order valence-corrected chi connectivity index (χ3v) is 6.11. The number of hydrogen-bond donors (Lipinski definition) is 1. The molecule has 0 atom stereocenters. The number of nitrogens with zero attached hydrogens (tertiary/aromatic N) is 2. The lowest BCUT2D eigenvalue weighted by Crippen LogP contribution is -2.46. The van der Waals surface area contributed by atoms with Crippen LogP contribution in [-0.2, 0) is 10.0 Å². The molecule has 0 aliphatic carbocycles. The van der Waals surface area contributed by atoms with Crippen molar-refractivity contribution < 1.29 is 18.1 Å². The van der Waals surface area contributed by atoms with E-state index in [1.165, 1.54) is 23.5 Å². The summed E-state index contributed by atoms with van der Waals surface area (Å²) >= 11 is 0. The Balaban J connectivity index is 2.48. The monoisotopic (exact) mass is 357 g/mol. The van der Waals surface area contributed by atoms with Crippen molar-refractivity contribution in [2.75, 3.05) is 26.7 Å². The molecule has 1 aromatic carbocycles. The Labute approximate surface area is 142 Å². The molecular weight excluding hydrogens is 334 g/mol. The van der Waals surface area contributed by atoms with Gasteiger partial charge < -0.3 is 10.1 Å². The van der Waals surface area contributed by atoms with E-state index in [2.05, 4.69) is 5.32 Å². The minimum atomic E-state index is -3.96. The Hall–Kier alpha value is -1.71. The van der Waals surface area contributed by atoms with Crippen molar-refractivity contribution in [3.8, 4) is 5.75 Å². The quantitative estimate of drug-likeness (QED) is 0.589. The number of ether oxygens (including phenoxy) is 1. The number of nitrogens with one attached hydrogen (secondary N) is 1. The Morgan fingerprint density at radius 1 is 1.38 bits per heavy atom. The molecule has 24 heavy (non-hydrogen) atoms.